The summed E-state index contributed by atoms with van der Waals surface area (Å²) in [5, 5.41) is 5.80. The average molecular weight is 277 g/mol. The molecule has 2 N–H and O–H groups in total. The molecule has 0 radical (unpaired) electrons. The van der Waals surface area contributed by atoms with Gasteiger partial charge in [0.2, 0.25) is 5.91 Å². The minimum Gasteiger partial charge on any atom is -0.482 e. The van der Waals surface area contributed by atoms with E-state index < -0.39 is 0 Å². The Labute approximate surface area is 118 Å². The van der Waals surface area contributed by atoms with Crippen molar-refractivity contribution in [2.75, 3.05) is 37.5 Å². The van der Waals surface area contributed by atoms with E-state index in [2.05, 4.69) is 10.6 Å². The summed E-state index contributed by atoms with van der Waals surface area (Å²) in [6.07, 6.45) is 0. The van der Waals surface area contributed by atoms with Gasteiger partial charge in [-0.05, 0) is 25.2 Å². The molecule has 0 aliphatic carbocycles. The van der Waals surface area contributed by atoms with Crippen molar-refractivity contribution in [2.24, 2.45) is 5.92 Å². The lowest BCUT2D eigenvalue weighted by Crippen LogP contribution is -2.35. The number of likely N-dealkylation sites (N-methyl/N-ethyl adjacent to an activating group) is 1. The van der Waals surface area contributed by atoms with Gasteiger partial charge in [0.15, 0.2) is 6.61 Å². The molecule has 1 aromatic rings. The summed E-state index contributed by atoms with van der Waals surface area (Å²) >= 11 is 0. The number of carbonyl (C=O) groups is 2. The summed E-state index contributed by atoms with van der Waals surface area (Å²) in [6, 6.07) is 5.28. The number of hydrogen-bond acceptors (Lipinski definition) is 4. The third kappa shape index (κ3) is 2.91. The summed E-state index contributed by atoms with van der Waals surface area (Å²) in [6.45, 7) is 2.51. The molecule has 1 atom stereocenters. The molecular weight excluding hydrogens is 258 g/mol. The fourth-order valence-corrected chi connectivity index (χ4v) is 2.01. The molecule has 0 saturated heterocycles. The maximum Gasteiger partial charge on any atom is 0.264 e. The van der Waals surface area contributed by atoms with Crippen molar-refractivity contribution in [3.63, 3.8) is 0 Å². The topological polar surface area (TPSA) is 70.7 Å². The zero-order valence-corrected chi connectivity index (χ0v) is 11.9. The van der Waals surface area contributed by atoms with Gasteiger partial charge in [0.25, 0.3) is 5.91 Å². The Kier molecular flexibility index (Phi) is 4.24. The molecule has 0 saturated carbocycles. The number of amides is 2. The van der Waals surface area contributed by atoms with E-state index in [0.29, 0.717) is 23.7 Å². The van der Waals surface area contributed by atoms with Crippen LogP contribution >= 0.6 is 0 Å². The quantitative estimate of drug-likeness (QED) is 0.855. The van der Waals surface area contributed by atoms with Crippen molar-refractivity contribution in [1.29, 1.82) is 0 Å². The highest BCUT2D eigenvalue weighted by atomic mass is 16.5. The highest BCUT2D eigenvalue weighted by Crippen LogP contribution is 2.33. The number of nitrogens with one attached hydrogen (secondary N) is 2. The first-order valence-corrected chi connectivity index (χ1v) is 6.51. The van der Waals surface area contributed by atoms with Crippen LogP contribution < -0.4 is 20.3 Å². The smallest absolute Gasteiger partial charge is 0.264 e. The molecule has 1 aliphatic heterocycles. The van der Waals surface area contributed by atoms with Gasteiger partial charge in [0, 0.05) is 25.2 Å². The average Bonchev–Trinajstić information content (AvgIpc) is 2.43. The molecule has 2 rings (SSSR count). The molecule has 6 nitrogen and oxygen atoms in total. The molecule has 0 bridgehead atoms. The number of fused-ring (bicyclic) bond motifs is 1. The summed E-state index contributed by atoms with van der Waals surface area (Å²) in [7, 11) is 3.50. The molecule has 1 aliphatic rings. The number of rotatable bonds is 4. The number of benzene rings is 1. The predicted octanol–water partition coefficient (Wildman–Crippen LogP) is 0.836. The summed E-state index contributed by atoms with van der Waals surface area (Å²) in [4.78, 5) is 25.1. The van der Waals surface area contributed by atoms with Crippen molar-refractivity contribution in [2.45, 2.75) is 6.92 Å². The Hall–Kier alpha value is -2.08. The number of nitrogens with zero attached hydrogens (tertiary/aromatic N) is 1. The van der Waals surface area contributed by atoms with Crippen molar-refractivity contribution < 1.29 is 14.3 Å². The van der Waals surface area contributed by atoms with Crippen molar-refractivity contribution in [3.05, 3.63) is 18.2 Å². The monoisotopic (exact) mass is 277 g/mol. The minimum absolute atomic E-state index is 0.0500. The molecule has 0 spiro atoms. The van der Waals surface area contributed by atoms with Crippen LogP contribution in [0.2, 0.25) is 0 Å². The zero-order chi connectivity index (χ0) is 14.7. The van der Waals surface area contributed by atoms with Gasteiger partial charge in [0.1, 0.15) is 5.75 Å². The van der Waals surface area contributed by atoms with E-state index in [9.17, 15) is 9.59 Å². The highest BCUT2D eigenvalue weighted by molar-refractivity contribution is 5.99. The molecule has 20 heavy (non-hydrogen) atoms. The van der Waals surface area contributed by atoms with Gasteiger partial charge in [-0.25, -0.2) is 0 Å². The van der Waals surface area contributed by atoms with E-state index >= 15 is 0 Å². The highest BCUT2D eigenvalue weighted by Gasteiger charge is 2.22. The van der Waals surface area contributed by atoms with Crippen molar-refractivity contribution in [1.82, 2.24) is 5.32 Å². The van der Waals surface area contributed by atoms with Crippen LogP contribution in [0.5, 0.6) is 5.75 Å². The van der Waals surface area contributed by atoms with E-state index in [1.165, 1.54) is 4.90 Å². The molecule has 1 heterocycles. The standard InChI is InChI=1S/C14H19N3O3/c1-9(7-15-2)14(19)16-10-4-5-12-11(6-10)17(3)13(18)8-20-12/h4-6,9,15H,7-8H2,1-3H3,(H,16,19). The van der Waals surface area contributed by atoms with E-state index in [-0.39, 0.29) is 24.3 Å². The molecule has 0 fully saturated rings. The third-order valence-electron chi connectivity index (χ3n) is 3.27. The normalized spacial score (nSPS) is 15.3. The molecule has 6 heteroatoms. The van der Waals surface area contributed by atoms with Crippen LogP contribution in [0.1, 0.15) is 6.92 Å². The van der Waals surface area contributed by atoms with Gasteiger partial charge >= 0.3 is 0 Å². The Balaban J connectivity index is 2.15. The van der Waals surface area contributed by atoms with Crippen LogP contribution in [0.25, 0.3) is 0 Å². The van der Waals surface area contributed by atoms with E-state index in [1.54, 1.807) is 32.3 Å². The van der Waals surface area contributed by atoms with E-state index in [0.717, 1.165) is 0 Å². The van der Waals surface area contributed by atoms with Gasteiger partial charge in [-0.15, -0.1) is 0 Å². The summed E-state index contributed by atoms with van der Waals surface area (Å²) in [5.74, 6) is 0.342. The van der Waals surface area contributed by atoms with Gasteiger partial charge < -0.3 is 20.3 Å². The molecule has 108 valence electrons. The lowest BCUT2D eigenvalue weighted by molar-refractivity contribution is -0.121. The third-order valence-corrected chi connectivity index (χ3v) is 3.27. The second-order valence-electron chi connectivity index (χ2n) is 4.87. The Morgan fingerprint density at radius 1 is 1.50 bits per heavy atom. The van der Waals surface area contributed by atoms with Crippen molar-refractivity contribution in [3.8, 4) is 5.75 Å². The summed E-state index contributed by atoms with van der Waals surface area (Å²) < 4.78 is 5.34. The second kappa shape index (κ2) is 5.92. The number of carbonyl (C=O) groups excluding carboxylic acids is 2. The van der Waals surface area contributed by atoms with Crippen LogP contribution in [0.4, 0.5) is 11.4 Å². The predicted molar refractivity (Wildman–Crippen MR) is 77.1 cm³/mol. The Bertz CT molecular complexity index is 530. The number of hydrogen-bond donors (Lipinski definition) is 2. The fourth-order valence-electron chi connectivity index (χ4n) is 2.01. The van der Waals surface area contributed by atoms with E-state index in [4.69, 9.17) is 4.74 Å². The maximum absolute atomic E-state index is 12.0. The molecule has 0 aromatic heterocycles. The Morgan fingerprint density at radius 3 is 2.95 bits per heavy atom. The molecular formula is C14H19N3O3. The fraction of sp³-hybridized carbons (Fsp3) is 0.429. The van der Waals surface area contributed by atoms with Crippen molar-refractivity contribution >= 4 is 23.2 Å². The van der Waals surface area contributed by atoms with Crippen LogP contribution in [0, 0.1) is 5.92 Å². The largest absolute Gasteiger partial charge is 0.482 e. The first kappa shape index (κ1) is 14.3. The van der Waals surface area contributed by atoms with Crippen LogP contribution in [0.3, 0.4) is 0 Å². The number of anilines is 2. The van der Waals surface area contributed by atoms with Gasteiger partial charge in [-0.2, -0.15) is 0 Å². The number of ether oxygens (including phenoxy) is 1. The zero-order valence-electron chi connectivity index (χ0n) is 11.9. The van der Waals surface area contributed by atoms with Gasteiger partial charge in [-0.3, -0.25) is 9.59 Å². The van der Waals surface area contributed by atoms with E-state index in [1.807, 2.05) is 6.92 Å². The van der Waals surface area contributed by atoms with Gasteiger partial charge in [0.05, 0.1) is 5.69 Å². The summed E-state index contributed by atoms with van der Waals surface area (Å²) in [5.41, 5.74) is 1.32. The maximum atomic E-state index is 12.0. The second-order valence-corrected chi connectivity index (χ2v) is 4.87. The molecule has 1 aromatic carbocycles. The van der Waals surface area contributed by atoms with Crippen LogP contribution in [-0.4, -0.2) is 39.1 Å². The SMILES string of the molecule is CNCC(C)C(=O)Nc1ccc2c(c1)N(C)C(=O)CO2. The first-order chi connectivity index (χ1) is 9.52. The Morgan fingerprint density at radius 2 is 2.25 bits per heavy atom. The van der Waals surface area contributed by atoms with Crippen LogP contribution in [0.15, 0.2) is 18.2 Å². The lowest BCUT2D eigenvalue weighted by Gasteiger charge is -2.26. The minimum atomic E-state index is -0.133. The molecule has 2 amide bonds. The van der Waals surface area contributed by atoms with Crippen LogP contribution in [-0.2, 0) is 9.59 Å². The first-order valence-electron chi connectivity index (χ1n) is 6.51. The molecule has 1 unspecified atom stereocenters. The lowest BCUT2D eigenvalue weighted by atomic mass is 10.1. The van der Waals surface area contributed by atoms with Gasteiger partial charge in [-0.1, -0.05) is 6.92 Å².